The molecule has 1 saturated heterocycles. The monoisotopic (exact) mass is 238 g/mol. The van der Waals surface area contributed by atoms with Gasteiger partial charge in [-0.2, -0.15) is 0 Å². The smallest absolute Gasteiger partial charge is 0.410 e. The maximum atomic E-state index is 11.9. The molecule has 0 aliphatic carbocycles. The number of hydrogen-bond acceptors (Lipinski definition) is 3. The van der Waals surface area contributed by atoms with Gasteiger partial charge in [-0.25, -0.2) is 4.79 Å². The highest BCUT2D eigenvalue weighted by atomic mass is 16.6. The summed E-state index contributed by atoms with van der Waals surface area (Å²) in [5, 5.41) is 3.23. The summed E-state index contributed by atoms with van der Waals surface area (Å²) >= 11 is 0. The van der Waals surface area contributed by atoms with Crippen molar-refractivity contribution in [1.82, 2.24) is 10.2 Å². The zero-order valence-electron chi connectivity index (χ0n) is 11.0. The zero-order chi connectivity index (χ0) is 12.9. The Bertz CT molecular complexity index is 302. The Kier molecular flexibility index (Phi) is 4.83. The second-order valence-electron chi connectivity index (χ2n) is 5.35. The minimum atomic E-state index is -0.434. The van der Waals surface area contributed by atoms with Crippen LogP contribution in [0.5, 0.6) is 0 Å². The van der Waals surface area contributed by atoms with Gasteiger partial charge < -0.3 is 15.0 Å². The van der Waals surface area contributed by atoms with E-state index in [-0.39, 0.29) is 12.1 Å². The molecule has 1 rings (SSSR count). The van der Waals surface area contributed by atoms with Crippen molar-refractivity contribution in [1.29, 1.82) is 0 Å². The molecule has 0 aromatic carbocycles. The van der Waals surface area contributed by atoms with Crippen molar-refractivity contribution in [3.63, 3.8) is 0 Å². The highest BCUT2D eigenvalue weighted by Crippen LogP contribution is 2.15. The van der Waals surface area contributed by atoms with Crippen LogP contribution in [0.4, 0.5) is 4.79 Å². The van der Waals surface area contributed by atoms with Crippen LogP contribution in [-0.2, 0) is 4.74 Å². The molecule has 96 valence electrons. The van der Waals surface area contributed by atoms with E-state index >= 15 is 0 Å². The van der Waals surface area contributed by atoms with Crippen LogP contribution in [0.15, 0.2) is 0 Å². The number of likely N-dealkylation sites (tertiary alicyclic amines) is 1. The summed E-state index contributed by atoms with van der Waals surface area (Å²) in [4.78, 5) is 13.6. The van der Waals surface area contributed by atoms with Crippen molar-refractivity contribution >= 4 is 6.09 Å². The van der Waals surface area contributed by atoms with E-state index in [1.807, 2.05) is 20.8 Å². The maximum Gasteiger partial charge on any atom is 0.410 e. The van der Waals surface area contributed by atoms with E-state index in [0.29, 0.717) is 13.1 Å². The van der Waals surface area contributed by atoms with Crippen LogP contribution in [0.1, 0.15) is 33.6 Å². The highest BCUT2D eigenvalue weighted by molar-refractivity contribution is 5.68. The predicted molar refractivity (Wildman–Crippen MR) is 67.7 cm³/mol. The quantitative estimate of drug-likeness (QED) is 0.743. The van der Waals surface area contributed by atoms with Crippen molar-refractivity contribution in [3.05, 3.63) is 0 Å². The van der Waals surface area contributed by atoms with Gasteiger partial charge in [0, 0.05) is 19.1 Å². The van der Waals surface area contributed by atoms with Gasteiger partial charge in [0.1, 0.15) is 5.60 Å². The Morgan fingerprint density at radius 3 is 2.88 bits per heavy atom. The van der Waals surface area contributed by atoms with Crippen LogP contribution in [0.3, 0.4) is 0 Å². The van der Waals surface area contributed by atoms with Gasteiger partial charge in [-0.15, -0.1) is 6.42 Å². The molecule has 0 saturated carbocycles. The molecular formula is C13H22N2O2. The number of piperidine rings is 1. The van der Waals surface area contributed by atoms with Gasteiger partial charge in [0.05, 0.1) is 6.54 Å². The van der Waals surface area contributed by atoms with E-state index in [0.717, 1.165) is 19.4 Å². The maximum absolute atomic E-state index is 11.9. The van der Waals surface area contributed by atoms with Crippen molar-refractivity contribution in [2.75, 3.05) is 19.6 Å². The Labute approximate surface area is 104 Å². The van der Waals surface area contributed by atoms with E-state index < -0.39 is 5.60 Å². The van der Waals surface area contributed by atoms with Gasteiger partial charge in [-0.3, -0.25) is 0 Å². The average Bonchev–Trinajstić information content (AvgIpc) is 2.24. The third-order valence-corrected chi connectivity index (χ3v) is 2.57. The molecule has 0 radical (unpaired) electrons. The summed E-state index contributed by atoms with van der Waals surface area (Å²) in [5.41, 5.74) is -0.434. The number of terminal acetylenes is 1. The Hall–Kier alpha value is -1.21. The minimum Gasteiger partial charge on any atom is -0.444 e. The first kappa shape index (κ1) is 13.9. The van der Waals surface area contributed by atoms with E-state index in [9.17, 15) is 4.79 Å². The fourth-order valence-corrected chi connectivity index (χ4v) is 1.84. The van der Waals surface area contributed by atoms with Crippen molar-refractivity contribution in [3.8, 4) is 12.3 Å². The second kappa shape index (κ2) is 5.92. The standard InChI is InChI=1S/C13H22N2O2/c1-5-8-14-11-7-6-9-15(10-11)12(16)17-13(2,3)4/h1,11,14H,6-10H2,2-4H3/t11-/m0/s1. The molecule has 0 bridgehead atoms. The topological polar surface area (TPSA) is 41.6 Å². The van der Waals surface area contributed by atoms with Gasteiger partial charge in [-0.1, -0.05) is 5.92 Å². The molecule has 1 amide bonds. The SMILES string of the molecule is C#CCN[C@H]1CCCN(C(=O)OC(C)(C)C)C1. The Morgan fingerprint density at radius 1 is 1.59 bits per heavy atom. The van der Waals surface area contributed by atoms with Gasteiger partial charge in [0.25, 0.3) is 0 Å². The molecule has 4 nitrogen and oxygen atoms in total. The predicted octanol–water partition coefficient (Wildman–Crippen LogP) is 1.61. The molecule has 4 heteroatoms. The molecule has 1 aliphatic heterocycles. The number of nitrogens with one attached hydrogen (secondary N) is 1. The molecule has 1 heterocycles. The van der Waals surface area contributed by atoms with Crippen molar-refractivity contribution < 1.29 is 9.53 Å². The minimum absolute atomic E-state index is 0.232. The molecule has 1 fully saturated rings. The molecule has 1 atom stereocenters. The number of nitrogens with zero attached hydrogens (tertiary/aromatic N) is 1. The van der Waals surface area contributed by atoms with E-state index in [1.54, 1.807) is 4.90 Å². The fourth-order valence-electron chi connectivity index (χ4n) is 1.84. The fraction of sp³-hybridized carbons (Fsp3) is 0.769. The summed E-state index contributed by atoms with van der Waals surface area (Å²) < 4.78 is 5.35. The number of carbonyl (C=O) groups excluding carboxylic acids is 1. The van der Waals surface area contributed by atoms with Crippen LogP contribution >= 0.6 is 0 Å². The van der Waals surface area contributed by atoms with Crippen LogP contribution in [0.25, 0.3) is 0 Å². The molecule has 17 heavy (non-hydrogen) atoms. The largest absolute Gasteiger partial charge is 0.444 e. The number of amides is 1. The number of rotatable bonds is 2. The first-order valence-electron chi connectivity index (χ1n) is 6.07. The molecule has 1 aliphatic rings. The van der Waals surface area contributed by atoms with E-state index in [1.165, 1.54) is 0 Å². The first-order valence-corrected chi connectivity index (χ1v) is 6.07. The van der Waals surface area contributed by atoms with E-state index in [2.05, 4.69) is 11.2 Å². The van der Waals surface area contributed by atoms with Gasteiger partial charge in [0.2, 0.25) is 0 Å². The lowest BCUT2D eigenvalue weighted by molar-refractivity contribution is 0.0189. The lowest BCUT2D eigenvalue weighted by Crippen LogP contribution is -2.49. The Balaban J connectivity index is 2.43. The zero-order valence-corrected chi connectivity index (χ0v) is 11.0. The number of carbonyl (C=O) groups is 1. The molecule has 0 aromatic rings. The van der Waals surface area contributed by atoms with Gasteiger partial charge in [0.15, 0.2) is 0 Å². The summed E-state index contributed by atoms with van der Waals surface area (Å²) in [7, 11) is 0. The summed E-state index contributed by atoms with van der Waals surface area (Å²) in [6.07, 6.45) is 7.02. The molecule has 0 unspecified atom stereocenters. The van der Waals surface area contributed by atoms with Crippen LogP contribution in [0.2, 0.25) is 0 Å². The lowest BCUT2D eigenvalue weighted by atomic mass is 10.1. The molecule has 0 aromatic heterocycles. The lowest BCUT2D eigenvalue weighted by Gasteiger charge is -2.34. The van der Waals surface area contributed by atoms with E-state index in [4.69, 9.17) is 11.2 Å². The average molecular weight is 238 g/mol. The van der Waals surface area contributed by atoms with Crippen molar-refractivity contribution in [2.24, 2.45) is 0 Å². The summed E-state index contributed by atoms with van der Waals surface area (Å²) in [6, 6.07) is 0.285. The molecule has 0 spiro atoms. The third kappa shape index (κ3) is 5.10. The van der Waals surface area contributed by atoms with Crippen LogP contribution in [0, 0.1) is 12.3 Å². The number of ether oxygens (including phenoxy) is 1. The third-order valence-electron chi connectivity index (χ3n) is 2.57. The normalized spacial score (nSPS) is 20.8. The van der Waals surface area contributed by atoms with Crippen LogP contribution in [-0.4, -0.2) is 42.3 Å². The highest BCUT2D eigenvalue weighted by Gasteiger charge is 2.27. The van der Waals surface area contributed by atoms with Crippen molar-refractivity contribution in [2.45, 2.75) is 45.3 Å². The van der Waals surface area contributed by atoms with Gasteiger partial charge in [-0.05, 0) is 33.6 Å². The van der Waals surface area contributed by atoms with Crippen LogP contribution < -0.4 is 5.32 Å². The number of hydrogen-bond donors (Lipinski definition) is 1. The van der Waals surface area contributed by atoms with Gasteiger partial charge >= 0.3 is 6.09 Å². The first-order chi connectivity index (χ1) is 7.92. The molecule has 1 N–H and O–H groups in total. The second-order valence-corrected chi connectivity index (χ2v) is 5.35. The summed E-state index contributed by atoms with van der Waals surface area (Å²) in [6.45, 7) is 7.63. The molecular weight excluding hydrogens is 216 g/mol. The Morgan fingerprint density at radius 2 is 2.29 bits per heavy atom. The summed E-state index contributed by atoms with van der Waals surface area (Å²) in [5.74, 6) is 2.55.